The van der Waals surface area contributed by atoms with Crippen molar-refractivity contribution in [1.82, 2.24) is 0 Å². The normalized spacial score (nSPS) is 9.22. The highest BCUT2D eigenvalue weighted by atomic mass is 28.3. The molecule has 0 saturated carbocycles. The third kappa shape index (κ3) is 4.72. The zero-order valence-electron chi connectivity index (χ0n) is 6.57. The highest BCUT2D eigenvalue weighted by molar-refractivity contribution is 6.54. The van der Waals surface area contributed by atoms with Gasteiger partial charge in [-0.05, 0) is 18.1 Å². The van der Waals surface area contributed by atoms with Crippen LogP contribution in [-0.2, 0) is 0 Å². The number of hydrogen-bond acceptors (Lipinski definition) is 1. The van der Waals surface area contributed by atoms with Crippen molar-refractivity contribution in [2.24, 2.45) is 4.30 Å². The van der Waals surface area contributed by atoms with Gasteiger partial charge in [-0.25, -0.2) is 0 Å². The third-order valence-electron chi connectivity index (χ3n) is 1.21. The Morgan fingerprint density at radius 1 is 1.22 bits per heavy atom. The summed E-state index contributed by atoms with van der Waals surface area (Å²) in [6.45, 7) is 6.70. The molecule has 0 amide bonds. The Kier molecular flexibility index (Phi) is 6.52. The minimum atomic E-state index is -0.249. The van der Waals surface area contributed by atoms with Crippen LogP contribution in [0.25, 0.3) is 0 Å². The van der Waals surface area contributed by atoms with Gasteiger partial charge in [-0.1, -0.05) is 20.8 Å². The first-order valence-corrected chi connectivity index (χ1v) is 6.64. The first kappa shape index (κ1) is 9.23. The molecule has 1 nitrogen and oxygen atoms in total. The molecule has 0 fully saturated rings. The van der Waals surface area contributed by atoms with E-state index < -0.39 is 0 Å². The van der Waals surface area contributed by atoms with Crippen molar-refractivity contribution >= 4 is 18.3 Å². The molecule has 0 heterocycles. The van der Waals surface area contributed by atoms with Crippen LogP contribution < -0.4 is 0 Å². The van der Waals surface area contributed by atoms with E-state index in [2.05, 4.69) is 25.1 Å². The minimum Gasteiger partial charge on any atom is -0.369 e. The maximum atomic E-state index is 4.61. The molecule has 0 saturated heterocycles. The van der Waals surface area contributed by atoms with Gasteiger partial charge in [0.25, 0.3) is 0 Å². The van der Waals surface area contributed by atoms with E-state index in [0.29, 0.717) is 0 Å². The predicted octanol–water partition coefficient (Wildman–Crippen LogP) is 2.34. The molecule has 0 aliphatic rings. The summed E-state index contributed by atoms with van der Waals surface area (Å²) in [5, 5.41) is 0. The van der Waals surface area contributed by atoms with Gasteiger partial charge in [0, 0.05) is 0 Å². The van der Waals surface area contributed by atoms with Gasteiger partial charge in [0.1, 0.15) is 8.59 Å². The summed E-state index contributed by atoms with van der Waals surface area (Å²) in [5.74, 6) is 0. The third-order valence-corrected chi connectivity index (χ3v) is 5.06. The lowest BCUT2D eigenvalue weighted by Crippen LogP contribution is -1.97. The first-order chi connectivity index (χ1) is 4.35. The Labute approximate surface area is 62.1 Å². The van der Waals surface area contributed by atoms with Crippen LogP contribution in [0.15, 0.2) is 4.30 Å². The molecule has 52 valence electrons. The zero-order valence-corrected chi connectivity index (χ0v) is 8.57. The standard InChI is InChI=1S/C6H15NSi2/c1-4-8-7-9(5-2)6-3/h4-6H2,1-3H3. The summed E-state index contributed by atoms with van der Waals surface area (Å²) in [4.78, 5) is 0. The second kappa shape index (κ2) is 6.36. The maximum absolute atomic E-state index is 4.61. The fourth-order valence-corrected chi connectivity index (χ4v) is 3.89. The van der Waals surface area contributed by atoms with E-state index in [1.54, 1.807) is 0 Å². The molecular formula is C6H15NSi2. The van der Waals surface area contributed by atoms with Crippen molar-refractivity contribution in [2.75, 3.05) is 0 Å². The smallest absolute Gasteiger partial charge is 0.193 e. The average Bonchev–Trinajstić information content (AvgIpc) is 1.91. The van der Waals surface area contributed by atoms with E-state index in [1.165, 1.54) is 18.1 Å². The van der Waals surface area contributed by atoms with Crippen molar-refractivity contribution in [3.05, 3.63) is 0 Å². The van der Waals surface area contributed by atoms with E-state index in [9.17, 15) is 0 Å². The summed E-state index contributed by atoms with van der Waals surface area (Å²) < 4.78 is 4.61. The largest absolute Gasteiger partial charge is 0.369 e. The van der Waals surface area contributed by atoms with Crippen molar-refractivity contribution < 1.29 is 0 Å². The van der Waals surface area contributed by atoms with Gasteiger partial charge in [0.15, 0.2) is 9.68 Å². The van der Waals surface area contributed by atoms with E-state index >= 15 is 0 Å². The Balaban J connectivity index is 3.48. The Morgan fingerprint density at radius 3 is 2.11 bits per heavy atom. The molecular weight excluding hydrogens is 142 g/mol. The second-order valence-corrected chi connectivity index (χ2v) is 6.36. The monoisotopic (exact) mass is 157 g/mol. The topological polar surface area (TPSA) is 12.4 Å². The van der Waals surface area contributed by atoms with Gasteiger partial charge in [-0.2, -0.15) is 0 Å². The summed E-state index contributed by atoms with van der Waals surface area (Å²) in [6.07, 6.45) is 0. The molecule has 2 radical (unpaired) electrons. The highest BCUT2D eigenvalue weighted by Crippen LogP contribution is 1.91. The van der Waals surface area contributed by atoms with Gasteiger partial charge in [-0.3, -0.25) is 0 Å². The quantitative estimate of drug-likeness (QED) is 0.556. The summed E-state index contributed by atoms with van der Waals surface area (Å²) in [7, 11) is 0.630. The van der Waals surface area contributed by atoms with Gasteiger partial charge in [-0.15, -0.1) is 0 Å². The van der Waals surface area contributed by atoms with Crippen LogP contribution in [0.3, 0.4) is 0 Å². The summed E-state index contributed by atoms with van der Waals surface area (Å²) >= 11 is 0. The van der Waals surface area contributed by atoms with Crippen LogP contribution in [0.4, 0.5) is 0 Å². The Hall–Kier alpha value is 0.234. The molecule has 0 aromatic carbocycles. The van der Waals surface area contributed by atoms with Crippen LogP contribution >= 0.6 is 0 Å². The molecule has 0 rings (SSSR count). The van der Waals surface area contributed by atoms with E-state index in [-0.39, 0.29) is 8.59 Å². The molecule has 0 N–H and O–H groups in total. The van der Waals surface area contributed by atoms with Crippen molar-refractivity contribution in [3.63, 3.8) is 0 Å². The molecule has 0 spiro atoms. The van der Waals surface area contributed by atoms with Crippen molar-refractivity contribution in [3.8, 4) is 0 Å². The van der Waals surface area contributed by atoms with E-state index in [1.807, 2.05) is 0 Å². The Morgan fingerprint density at radius 2 is 1.78 bits per heavy atom. The molecule has 9 heavy (non-hydrogen) atoms. The van der Waals surface area contributed by atoms with Crippen LogP contribution in [0.2, 0.25) is 18.1 Å². The van der Waals surface area contributed by atoms with Crippen molar-refractivity contribution in [1.29, 1.82) is 0 Å². The zero-order chi connectivity index (χ0) is 7.11. The summed E-state index contributed by atoms with van der Waals surface area (Å²) in [5.41, 5.74) is 0. The van der Waals surface area contributed by atoms with Crippen LogP contribution in [0, 0.1) is 0 Å². The van der Waals surface area contributed by atoms with Gasteiger partial charge < -0.3 is 4.30 Å². The van der Waals surface area contributed by atoms with Gasteiger partial charge in [0.05, 0.1) is 0 Å². The van der Waals surface area contributed by atoms with Crippen LogP contribution in [-0.4, -0.2) is 18.3 Å². The molecule has 0 aromatic rings. The number of hydrogen-bond donors (Lipinski definition) is 0. The van der Waals surface area contributed by atoms with Crippen molar-refractivity contribution in [2.45, 2.75) is 38.9 Å². The molecule has 0 aromatic heterocycles. The van der Waals surface area contributed by atoms with E-state index in [0.717, 1.165) is 9.68 Å². The highest BCUT2D eigenvalue weighted by Gasteiger charge is 1.91. The first-order valence-electron chi connectivity index (χ1n) is 3.63. The molecule has 0 atom stereocenters. The van der Waals surface area contributed by atoms with Crippen LogP contribution in [0.5, 0.6) is 0 Å². The molecule has 0 bridgehead atoms. The number of rotatable bonds is 4. The average molecular weight is 157 g/mol. The number of nitrogens with zero attached hydrogens (tertiary/aromatic N) is 1. The lowest BCUT2D eigenvalue weighted by molar-refractivity contribution is 1.32. The maximum Gasteiger partial charge on any atom is 0.193 e. The predicted molar refractivity (Wildman–Crippen MR) is 45.4 cm³/mol. The van der Waals surface area contributed by atoms with Gasteiger partial charge >= 0.3 is 0 Å². The molecule has 0 unspecified atom stereocenters. The van der Waals surface area contributed by atoms with E-state index in [4.69, 9.17) is 0 Å². The molecule has 0 aliphatic carbocycles. The molecule has 3 heteroatoms. The van der Waals surface area contributed by atoms with Gasteiger partial charge in [0.2, 0.25) is 0 Å². The second-order valence-electron chi connectivity index (χ2n) is 1.90. The minimum absolute atomic E-state index is 0.249. The lowest BCUT2D eigenvalue weighted by Gasteiger charge is -1.94. The fourth-order valence-electron chi connectivity index (χ4n) is 0.599. The van der Waals surface area contributed by atoms with Crippen LogP contribution in [0.1, 0.15) is 20.8 Å². The Bertz CT molecular complexity index is 85.1. The fraction of sp³-hybridized carbons (Fsp3) is 1.00. The molecule has 0 aliphatic heterocycles. The SMILES string of the molecule is CC[Si]N=[Si](CC)CC. The lowest BCUT2D eigenvalue weighted by atomic mass is 11.0. The summed E-state index contributed by atoms with van der Waals surface area (Å²) in [6, 6.07) is 3.87.